The van der Waals surface area contributed by atoms with Crippen molar-refractivity contribution in [2.75, 3.05) is 6.54 Å². The van der Waals surface area contributed by atoms with Gasteiger partial charge in [0, 0.05) is 12.1 Å². The highest BCUT2D eigenvalue weighted by Gasteiger charge is 2.36. The van der Waals surface area contributed by atoms with E-state index < -0.39 is 0 Å². The van der Waals surface area contributed by atoms with Gasteiger partial charge in [0.1, 0.15) is 0 Å². The van der Waals surface area contributed by atoms with Crippen LogP contribution in [0, 0.1) is 5.92 Å². The first kappa shape index (κ1) is 13.1. The van der Waals surface area contributed by atoms with E-state index in [4.69, 9.17) is 0 Å². The van der Waals surface area contributed by atoms with Gasteiger partial charge < -0.3 is 0 Å². The van der Waals surface area contributed by atoms with Crippen molar-refractivity contribution in [2.45, 2.75) is 76.8 Å². The fourth-order valence-corrected chi connectivity index (χ4v) is 3.99. The Morgan fingerprint density at radius 2 is 2.12 bits per heavy atom. The molecule has 0 amide bonds. The number of fused-ring (bicyclic) bond motifs is 1. The number of piperidine rings is 2. The van der Waals surface area contributed by atoms with E-state index in [1.807, 2.05) is 0 Å². The van der Waals surface area contributed by atoms with Crippen molar-refractivity contribution in [3.63, 3.8) is 0 Å². The number of allylic oxidation sites excluding steroid dienone is 1. The molecule has 2 saturated heterocycles. The first-order valence-corrected chi connectivity index (χ1v) is 7.73. The number of nitrogens with zero attached hydrogens (tertiary/aromatic N) is 1. The Morgan fingerprint density at radius 3 is 2.88 bits per heavy atom. The van der Waals surface area contributed by atoms with Crippen molar-refractivity contribution in [1.82, 2.24) is 4.90 Å². The predicted molar refractivity (Wildman–Crippen MR) is 75.2 cm³/mol. The van der Waals surface area contributed by atoms with Crippen LogP contribution in [0.15, 0.2) is 12.7 Å². The largest absolute Gasteiger partial charge is 0.297 e. The Morgan fingerprint density at radius 1 is 1.24 bits per heavy atom. The van der Waals surface area contributed by atoms with Crippen molar-refractivity contribution in [2.24, 2.45) is 5.92 Å². The molecule has 1 heteroatoms. The molecule has 0 aromatic heterocycles. The maximum Gasteiger partial charge on any atom is 0.0126 e. The lowest BCUT2D eigenvalue weighted by molar-refractivity contribution is 0.00663. The number of hydrogen-bond donors (Lipinski definition) is 0. The topological polar surface area (TPSA) is 3.24 Å². The SMILES string of the molecule is C=CCCCC1CCC(CC)C2CCCCN12. The van der Waals surface area contributed by atoms with Crippen LogP contribution < -0.4 is 0 Å². The van der Waals surface area contributed by atoms with E-state index in [0.29, 0.717) is 0 Å². The lowest BCUT2D eigenvalue weighted by atomic mass is 9.78. The van der Waals surface area contributed by atoms with Gasteiger partial charge in [-0.05, 0) is 57.4 Å². The molecule has 0 radical (unpaired) electrons. The second-order valence-electron chi connectivity index (χ2n) is 5.92. The minimum Gasteiger partial charge on any atom is -0.297 e. The summed E-state index contributed by atoms with van der Waals surface area (Å²) in [6.45, 7) is 7.60. The van der Waals surface area contributed by atoms with Gasteiger partial charge in [-0.3, -0.25) is 4.90 Å². The number of unbranched alkanes of at least 4 members (excludes halogenated alkanes) is 1. The normalized spacial score (nSPS) is 34.3. The summed E-state index contributed by atoms with van der Waals surface area (Å²) in [6, 6.07) is 1.82. The van der Waals surface area contributed by atoms with Crippen molar-refractivity contribution >= 4 is 0 Å². The monoisotopic (exact) mass is 235 g/mol. The quantitative estimate of drug-likeness (QED) is 0.505. The first-order valence-electron chi connectivity index (χ1n) is 7.73. The Kier molecular flexibility index (Phi) is 5.09. The third-order valence-electron chi connectivity index (χ3n) is 4.95. The molecule has 0 aromatic carbocycles. The van der Waals surface area contributed by atoms with Gasteiger partial charge in [0.05, 0.1) is 0 Å². The van der Waals surface area contributed by atoms with Crippen LogP contribution in [-0.2, 0) is 0 Å². The minimum absolute atomic E-state index is 0.892. The molecule has 98 valence electrons. The van der Waals surface area contributed by atoms with Crippen LogP contribution in [-0.4, -0.2) is 23.5 Å². The number of hydrogen-bond acceptors (Lipinski definition) is 1. The van der Waals surface area contributed by atoms with Crippen LogP contribution in [0.3, 0.4) is 0 Å². The Balaban J connectivity index is 1.92. The zero-order valence-corrected chi connectivity index (χ0v) is 11.5. The van der Waals surface area contributed by atoms with Crippen LogP contribution in [0.1, 0.15) is 64.7 Å². The summed E-state index contributed by atoms with van der Waals surface area (Å²) >= 11 is 0. The van der Waals surface area contributed by atoms with E-state index in [1.54, 1.807) is 0 Å². The zero-order valence-electron chi connectivity index (χ0n) is 11.5. The summed E-state index contributed by atoms with van der Waals surface area (Å²) < 4.78 is 0. The Hall–Kier alpha value is -0.300. The molecule has 0 N–H and O–H groups in total. The summed E-state index contributed by atoms with van der Waals surface area (Å²) in [7, 11) is 0. The fourth-order valence-electron chi connectivity index (χ4n) is 3.99. The van der Waals surface area contributed by atoms with E-state index in [1.165, 1.54) is 64.3 Å². The predicted octanol–water partition coefficient (Wildman–Crippen LogP) is 4.39. The lowest BCUT2D eigenvalue weighted by Gasteiger charge is -2.49. The van der Waals surface area contributed by atoms with Gasteiger partial charge in [0.2, 0.25) is 0 Å². The van der Waals surface area contributed by atoms with Crippen LogP contribution in [0.25, 0.3) is 0 Å². The average Bonchev–Trinajstić information content (AvgIpc) is 2.39. The first-order chi connectivity index (χ1) is 8.36. The molecule has 2 aliphatic heterocycles. The Bertz CT molecular complexity index is 236. The van der Waals surface area contributed by atoms with Gasteiger partial charge in [-0.2, -0.15) is 0 Å². The smallest absolute Gasteiger partial charge is 0.0126 e. The molecule has 0 bridgehead atoms. The third kappa shape index (κ3) is 3.13. The molecular formula is C16H29N. The van der Waals surface area contributed by atoms with Crippen LogP contribution in [0.2, 0.25) is 0 Å². The maximum atomic E-state index is 3.84. The molecule has 1 nitrogen and oxygen atoms in total. The maximum absolute atomic E-state index is 3.84. The minimum atomic E-state index is 0.892. The molecular weight excluding hydrogens is 206 g/mol. The van der Waals surface area contributed by atoms with Gasteiger partial charge >= 0.3 is 0 Å². The summed E-state index contributed by atoms with van der Waals surface area (Å²) in [6.07, 6.45) is 14.7. The molecule has 0 aliphatic carbocycles. The van der Waals surface area contributed by atoms with Crippen molar-refractivity contribution in [1.29, 1.82) is 0 Å². The molecule has 0 saturated carbocycles. The highest BCUT2D eigenvalue weighted by Crippen LogP contribution is 2.37. The molecule has 3 atom stereocenters. The van der Waals surface area contributed by atoms with E-state index in [0.717, 1.165) is 18.0 Å². The van der Waals surface area contributed by atoms with Crippen LogP contribution in [0.4, 0.5) is 0 Å². The molecule has 17 heavy (non-hydrogen) atoms. The van der Waals surface area contributed by atoms with Gasteiger partial charge in [-0.1, -0.05) is 25.8 Å². The van der Waals surface area contributed by atoms with E-state index >= 15 is 0 Å². The fraction of sp³-hybridized carbons (Fsp3) is 0.875. The van der Waals surface area contributed by atoms with E-state index in [-0.39, 0.29) is 0 Å². The second-order valence-corrected chi connectivity index (χ2v) is 5.92. The third-order valence-corrected chi connectivity index (χ3v) is 4.95. The van der Waals surface area contributed by atoms with Crippen LogP contribution >= 0.6 is 0 Å². The van der Waals surface area contributed by atoms with Crippen molar-refractivity contribution < 1.29 is 0 Å². The zero-order chi connectivity index (χ0) is 12.1. The summed E-state index contributed by atoms with van der Waals surface area (Å²) in [4.78, 5) is 2.88. The van der Waals surface area contributed by atoms with Gasteiger partial charge in [0.15, 0.2) is 0 Å². The molecule has 0 aromatic rings. The van der Waals surface area contributed by atoms with Gasteiger partial charge in [0.25, 0.3) is 0 Å². The highest BCUT2D eigenvalue weighted by atomic mass is 15.2. The highest BCUT2D eigenvalue weighted by molar-refractivity contribution is 4.92. The molecule has 0 spiro atoms. The molecule has 2 heterocycles. The van der Waals surface area contributed by atoms with Gasteiger partial charge in [-0.25, -0.2) is 0 Å². The van der Waals surface area contributed by atoms with Gasteiger partial charge in [-0.15, -0.1) is 6.58 Å². The van der Waals surface area contributed by atoms with E-state index in [9.17, 15) is 0 Å². The summed E-state index contributed by atoms with van der Waals surface area (Å²) in [5.41, 5.74) is 0. The molecule has 2 fully saturated rings. The van der Waals surface area contributed by atoms with Crippen LogP contribution in [0.5, 0.6) is 0 Å². The molecule has 3 unspecified atom stereocenters. The Labute approximate surface area is 107 Å². The van der Waals surface area contributed by atoms with E-state index in [2.05, 4.69) is 24.5 Å². The second kappa shape index (κ2) is 6.58. The standard InChI is InChI=1S/C16H29N/c1-3-5-6-9-15-12-11-14(4-2)16-10-7-8-13-17(15)16/h3,14-16H,1,4-13H2,2H3. The number of rotatable bonds is 5. The van der Waals surface area contributed by atoms with Crippen molar-refractivity contribution in [3.8, 4) is 0 Å². The van der Waals surface area contributed by atoms with Crippen molar-refractivity contribution in [3.05, 3.63) is 12.7 Å². The molecule has 2 aliphatic rings. The molecule has 2 rings (SSSR count). The lowest BCUT2D eigenvalue weighted by Crippen LogP contribution is -2.53. The summed E-state index contributed by atoms with van der Waals surface area (Å²) in [5.74, 6) is 0.992. The summed E-state index contributed by atoms with van der Waals surface area (Å²) in [5, 5.41) is 0. The average molecular weight is 235 g/mol.